The van der Waals surface area contributed by atoms with Crippen LogP contribution in [0.1, 0.15) is 44.5 Å². The highest BCUT2D eigenvalue weighted by Gasteiger charge is 2.28. The fourth-order valence-corrected chi connectivity index (χ4v) is 16.8. The van der Waals surface area contributed by atoms with Crippen molar-refractivity contribution < 1.29 is 4.42 Å². The lowest BCUT2D eigenvalue weighted by atomic mass is 9.85. The van der Waals surface area contributed by atoms with E-state index in [-0.39, 0.29) is 0 Å². The molecule has 0 bridgehead atoms. The number of thiophene rings is 1. The van der Waals surface area contributed by atoms with Crippen LogP contribution in [-0.4, -0.2) is 4.98 Å². The number of nitrogens with two attached hydrogens (primary N) is 4. The van der Waals surface area contributed by atoms with Gasteiger partial charge in [-0.15, -0.1) is 11.3 Å². The van der Waals surface area contributed by atoms with Crippen LogP contribution in [0.3, 0.4) is 0 Å². The number of rotatable bonds is 16. The van der Waals surface area contributed by atoms with Gasteiger partial charge in [0.2, 0.25) is 0 Å². The highest BCUT2D eigenvalue weighted by molar-refractivity contribution is 7.20. The van der Waals surface area contributed by atoms with Crippen molar-refractivity contribution >= 4 is 45.2 Å². The van der Waals surface area contributed by atoms with Gasteiger partial charge >= 0.3 is 0 Å². The van der Waals surface area contributed by atoms with Crippen LogP contribution < -0.4 is 22.9 Å². The van der Waals surface area contributed by atoms with Crippen molar-refractivity contribution in [1.82, 2.24) is 4.98 Å². The zero-order chi connectivity index (χ0) is 83.0. The molecule has 0 aliphatic carbocycles. The third-order valence-electron chi connectivity index (χ3n) is 21.6. The first-order valence-corrected chi connectivity index (χ1v) is 41.6. The first-order valence-electron chi connectivity index (χ1n) is 40.8. The van der Waals surface area contributed by atoms with Gasteiger partial charge in [-0.3, -0.25) is 0 Å². The molecule has 0 saturated heterocycles. The monoisotopic (exact) mass is 1580 g/mol. The van der Waals surface area contributed by atoms with E-state index >= 15 is 0 Å². The number of nitrogen functional groups attached to an aromatic ring is 4. The molecule has 586 valence electrons. The van der Waals surface area contributed by atoms with Crippen LogP contribution in [0.4, 0.5) is 22.7 Å². The topological polar surface area (TPSA) is 133 Å². The summed E-state index contributed by atoms with van der Waals surface area (Å²) in [6, 6.07) is 152. The number of aromatic amines is 1. The Kier molecular flexibility index (Phi) is 24.5. The number of hydrogen-bond donors (Lipinski definition) is 5. The van der Waals surface area contributed by atoms with E-state index in [2.05, 4.69) is 397 Å². The van der Waals surface area contributed by atoms with Crippen molar-refractivity contribution in [2.75, 3.05) is 22.9 Å². The van der Waals surface area contributed by atoms with Crippen LogP contribution >= 0.6 is 11.3 Å². The van der Waals surface area contributed by atoms with E-state index in [1.54, 1.807) is 0 Å². The van der Waals surface area contributed by atoms with E-state index in [9.17, 15) is 0 Å². The van der Waals surface area contributed by atoms with Crippen LogP contribution in [-0.2, 0) is 0 Å². The molecule has 121 heavy (non-hydrogen) atoms. The fraction of sp³-hybridized carbons (Fsp3) is 0.0351. The van der Waals surface area contributed by atoms with Gasteiger partial charge in [0.1, 0.15) is 11.5 Å². The molecule has 0 amide bonds. The largest absolute Gasteiger partial charge is 0.455 e. The highest BCUT2D eigenvalue weighted by atomic mass is 32.1. The molecule has 0 aliphatic heterocycles. The number of hydrogen-bond acceptors (Lipinski definition) is 6. The third kappa shape index (κ3) is 18.5. The van der Waals surface area contributed by atoms with Crippen molar-refractivity contribution in [1.29, 1.82) is 0 Å². The third-order valence-corrected chi connectivity index (χ3v) is 22.9. The minimum Gasteiger partial charge on any atom is -0.455 e. The standard InChI is InChI=1S/C29H24N2.C29H23NO.C29H23NS.C27H23N/c3*1-20-12-14-23(15-13-20)28-26(21-8-4-2-5-9-21)27(22-10-6-3-7-11-22)29(31-28)24-16-18-25(30)19-17-24;1-20-12-14-23(15-13-20)27(24-16-18-25(28)19-17-24)26(21-8-4-2-5-9-21)22-10-6-3-7-11-22/h2-19,31H,30H2,1H3;2*2-19H,30H2,1H3;2-19H,28H2,1H3. The van der Waals surface area contributed by atoms with Gasteiger partial charge in [0.05, 0.1) is 11.4 Å². The number of H-pyrrole nitrogens is 1. The minimum atomic E-state index is 0.735. The van der Waals surface area contributed by atoms with Crippen molar-refractivity contribution in [2.45, 2.75) is 27.7 Å². The van der Waals surface area contributed by atoms with Gasteiger partial charge in [0, 0.05) is 77.0 Å². The minimum absolute atomic E-state index is 0.735. The molecule has 3 heterocycles. The predicted octanol–water partition coefficient (Wildman–Crippen LogP) is 30.3. The quantitative estimate of drug-likeness (QED) is 0.0485. The molecule has 0 radical (unpaired) electrons. The molecule has 0 fully saturated rings. The van der Waals surface area contributed by atoms with E-state index in [0.717, 1.165) is 90.2 Å². The summed E-state index contributed by atoms with van der Waals surface area (Å²) < 4.78 is 6.67. The summed E-state index contributed by atoms with van der Waals surface area (Å²) >= 11 is 1.85. The summed E-state index contributed by atoms with van der Waals surface area (Å²) in [5.41, 5.74) is 62.3. The Balaban J connectivity index is 0.000000120. The Labute approximate surface area is 714 Å². The van der Waals surface area contributed by atoms with Gasteiger partial charge in [-0.1, -0.05) is 398 Å². The van der Waals surface area contributed by atoms with E-state index in [4.69, 9.17) is 27.4 Å². The molecule has 6 nitrogen and oxygen atoms in total. The number of nitrogens with one attached hydrogen (secondary N) is 1. The second-order valence-electron chi connectivity index (χ2n) is 30.3. The van der Waals surface area contributed by atoms with E-state index in [1.165, 1.54) is 121 Å². The molecule has 0 saturated carbocycles. The summed E-state index contributed by atoms with van der Waals surface area (Å²) in [6.07, 6.45) is 0. The molecular formula is C114H93N5OS. The van der Waals surface area contributed by atoms with Crippen molar-refractivity contribution in [2.24, 2.45) is 0 Å². The first kappa shape index (κ1) is 79.6. The zero-order valence-corrected chi connectivity index (χ0v) is 69.0. The molecule has 0 aliphatic rings. The van der Waals surface area contributed by atoms with E-state index in [1.807, 2.05) is 84.1 Å². The lowest BCUT2D eigenvalue weighted by molar-refractivity contribution is 0.599. The smallest absolute Gasteiger partial charge is 0.143 e. The molecule has 0 unspecified atom stereocenters. The molecule has 3 aromatic heterocycles. The second-order valence-corrected chi connectivity index (χ2v) is 31.3. The number of anilines is 4. The van der Waals surface area contributed by atoms with E-state index < -0.39 is 0 Å². The summed E-state index contributed by atoms with van der Waals surface area (Å²) in [5, 5.41) is 0. The SMILES string of the molecule is Cc1ccc(-c2[nH]c(-c3ccc(N)cc3)c(-c3ccccc3)c2-c2ccccc2)cc1.Cc1ccc(-c2oc(-c3ccc(N)cc3)c(-c3ccccc3)c2-c2ccccc2)cc1.Cc1ccc(-c2sc(-c3ccc(N)cc3)c(-c3ccccc3)c2-c2ccccc2)cc1.Cc1ccc(C(=C(c2ccccc2)c2ccccc2)c2ccc(N)cc2)cc1. The molecule has 0 atom stereocenters. The molecule has 19 aromatic rings. The van der Waals surface area contributed by atoms with Crippen molar-refractivity contribution in [3.63, 3.8) is 0 Å². The summed E-state index contributed by atoms with van der Waals surface area (Å²) in [5.74, 6) is 1.72. The molecular weight excluding hydrogens is 1490 g/mol. The van der Waals surface area contributed by atoms with Gasteiger partial charge in [-0.2, -0.15) is 0 Å². The van der Waals surface area contributed by atoms with Crippen molar-refractivity contribution in [3.8, 4) is 133 Å². The molecule has 19 rings (SSSR count). The molecule has 0 spiro atoms. The second kappa shape index (κ2) is 37.3. The van der Waals surface area contributed by atoms with Gasteiger partial charge in [0.25, 0.3) is 0 Å². The lowest BCUT2D eigenvalue weighted by Gasteiger charge is -2.18. The average Bonchev–Trinajstić information content (AvgIpc) is 1.62. The summed E-state index contributed by atoms with van der Waals surface area (Å²) in [4.78, 5) is 6.33. The van der Waals surface area contributed by atoms with E-state index in [0.29, 0.717) is 0 Å². The van der Waals surface area contributed by atoms with Crippen molar-refractivity contribution in [3.05, 3.63) is 481 Å². The average molecular weight is 1580 g/mol. The van der Waals surface area contributed by atoms with Gasteiger partial charge in [-0.25, -0.2) is 0 Å². The fourth-order valence-electron chi connectivity index (χ4n) is 15.5. The van der Waals surface area contributed by atoms with Gasteiger partial charge < -0.3 is 32.3 Å². The molecule has 7 heteroatoms. The Morgan fingerprint density at radius 2 is 0.405 bits per heavy atom. The molecule has 9 N–H and O–H groups in total. The Bertz CT molecular complexity index is 5710. The predicted molar refractivity (Wildman–Crippen MR) is 516 cm³/mol. The maximum Gasteiger partial charge on any atom is 0.143 e. The van der Waals surface area contributed by atoms with Crippen LogP contribution in [0, 0.1) is 27.7 Å². The summed E-state index contributed by atoms with van der Waals surface area (Å²) in [7, 11) is 0. The Morgan fingerprint density at radius 3 is 0.711 bits per heavy atom. The Hall–Kier alpha value is -15.3. The zero-order valence-electron chi connectivity index (χ0n) is 68.2. The summed E-state index contributed by atoms with van der Waals surface area (Å²) in [6.45, 7) is 8.46. The lowest BCUT2D eigenvalue weighted by Crippen LogP contribution is -1.98. The first-order chi connectivity index (χ1) is 59.3. The number of benzene rings is 16. The maximum absolute atomic E-state index is 6.67. The van der Waals surface area contributed by atoms with Crippen LogP contribution in [0.25, 0.3) is 144 Å². The van der Waals surface area contributed by atoms with Gasteiger partial charge in [0.15, 0.2) is 0 Å². The molecule has 16 aromatic carbocycles. The van der Waals surface area contributed by atoms with Crippen LogP contribution in [0.5, 0.6) is 0 Å². The van der Waals surface area contributed by atoms with Gasteiger partial charge in [-0.05, 0) is 177 Å². The number of aromatic nitrogens is 1. The Morgan fingerprint density at radius 1 is 0.198 bits per heavy atom. The van der Waals surface area contributed by atoms with Crippen LogP contribution in [0.2, 0.25) is 0 Å². The highest BCUT2D eigenvalue weighted by Crippen LogP contribution is 2.54. The maximum atomic E-state index is 6.67. The normalized spacial score (nSPS) is 10.8. The number of aryl methyl sites for hydroxylation is 4. The number of furan rings is 1. The van der Waals surface area contributed by atoms with Crippen LogP contribution in [0.15, 0.2) is 441 Å².